The molecular weight excluding hydrogens is 448 g/mol. The van der Waals surface area contributed by atoms with Crippen LogP contribution in [-0.4, -0.2) is 25.2 Å². The fraction of sp³-hybridized carbons (Fsp3) is 0.600. The lowest BCUT2D eigenvalue weighted by Gasteiger charge is -2.51. The summed E-state index contributed by atoms with van der Waals surface area (Å²) in [5.41, 5.74) is 1.33. The van der Waals surface area contributed by atoms with Gasteiger partial charge in [0.05, 0.1) is 5.69 Å². The highest BCUT2D eigenvalue weighted by Gasteiger charge is 2.39. The molecule has 2 bridgehead atoms. The van der Waals surface area contributed by atoms with E-state index in [1.54, 1.807) is 0 Å². The van der Waals surface area contributed by atoms with E-state index in [2.05, 4.69) is 77.2 Å². The van der Waals surface area contributed by atoms with Crippen LogP contribution in [0.2, 0.25) is 0 Å². The first-order chi connectivity index (χ1) is 9.60. The van der Waals surface area contributed by atoms with Gasteiger partial charge in [0, 0.05) is 31.5 Å². The quantitative estimate of drug-likeness (QED) is 0.653. The van der Waals surface area contributed by atoms with Crippen molar-refractivity contribution in [1.29, 1.82) is 0 Å². The summed E-state index contributed by atoms with van der Waals surface area (Å²) in [6, 6.07) is 6.30. The fourth-order valence-corrected chi connectivity index (χ4v) is 6.43. The third-order valence-corrected chi connectivity index (χ3v) is 6.29. The number of hydrogen-bond donors (Lipinski definition) is 1. The van der Waals surface area contributed by atoms with Gasteiger partial charge >= 0.3 is 0 Å². The van der Waals surface area contributed by atoms with Crippen molar-refractivity contribution in [2.45, 2.75) is 50.2 Å². The van der Waals surface area contributed by atoms with Gasteiger partial charge in [-0.1, -0.05) is 15.9 Å². The predicted molar refractivity (Wildman–Crippen MR) is 95.5 cm³/mol. The molecule has 110 valence electrons. The maximum Gasteiger partial charge on any atom is 0.0660 e. The number of piperidine rings is 2. The second-order valence-corrected chi connectivity index (χ2v) is 8.45. The van der Waals surface area contributed by atoms with Crippen LogP contribution in [-0.2, 0) is 0 Å². The van der Waals surface area contributed by atoms with Crippen LogP contribution in [0.1, 0.15) is 32.1 Å². The molecule has 1 aromatic carbocycles. The van der Waals surface area contributed by atoms with E-state index in [0.29, 0.717) is 18.1 Å². The molecule has 2 nitrogen and oxygen atoms in total. The molecule has 2 aliphatic rings. The van der Waals surface area contributed by atoms with Gasteiger partial charge in [-0.25, -0.2) is 0 Å². The molecule has 20 heavy (non-hydrogen) atoms. The van der Waals surface area contributed by atoms with Gasteiger partial charge in [-0.2, -0.15) is 0 Å². The summed E-state index contributed by atoms with van der Waals surface area (Å²) in [6.07, 6.45) is 6.49. The van der Waals surface area contributed by atoms with Crippen molar-refractivity contribution in [3.63, 3.8) is 0 Å². The maximum absolute atomic E-state index is 3.76. The smallest absolute Gasteiger partial charge is 0.0660 e. The second kappa shape index (κ2) is 6.27. The molecular formula is C15H19Br3N2. The van der Waals surface area contributed by atoms with Crippen molar-refractivity contribution in [1.82, 2.24) is 5.32 Å². The lowest BCUT2D eigenvalue weighted by molar-refractivity contribution is 0.252. The average Bonchev–Trinajstić information content (AvgIpc) is 2.36. The molecule has 0 aliphatic carbocycles. The van der Waals surface area contributed by atoms with Gasteiger partial charge in [0.25, 0.3) is 0 Å². The van der Waals surface area contributed by atoms with Crippen molar-refractivity contribution < 1.29 is 0 Å². The van der Waals surface area contributed by atoms with E-state index < -0.39 is 0 Å². The van der Waals surface area contributed by atoms with Crippen molar-refractivity contribution in [3.05, 3.63) is 25.6 Å². The molecule has 1 N–H and O–H groups in total. The molecule has 0 aromatic heterocycles. The molecule has 0 saturated carbocycles. The highest BCUT2D eigenvalue weighted by atomic mass is 79.9. The number of nitrogens with zero attached hydrogens (tertiary/aromatic N) is 1. The Labute approximate surface area is 146 Å². The Morgan fingerprint density at radius 3 is 2.10 bits per heavy atom. The maximum atomic E-state index is 3.76. The first-order valence-electron chi connectivity index (χ1n) is 7.20. The summed E-state index contributed by atoms with van der Waals surface area (Å²) in [5.74, 6) is 0. The average molecular weight is 467 g/mol. The van der Waals surface area contributed by atoms with Crippen LogP contribution in [0.4, 0.5) is 5.69 Å². The molecule has 2 aliphatic heterocycles. The Bertz CT molecular complexity index is 469. The van der Waals surface area contributed by atoms with Gasteiger partial charge in [0.1, 0.15) is 0 Å². The number of rotatable bonds is 2. The Hall–Kier alpha value is 0.420. The minimum absolute atomic E-state index is 0.661. The Kier molecular flexibility index (Phi) is 4.80. The zero-order valence-electron chi connectivity index (χ0n) is 11.5. The number of benzene rings is 1. The zero-order chi connectivity index (χ0) is 14.3. The van der Waals surface area contributed by atoms with E-state index in [-0.39, 0.29) is 0 Å². The van der Waals surface area contributed by atoms with E-state index >= 15 is 0 Å². The number of nitrogens with one attached hydrogen (secondary N) is 1. The van der Waals surface area contributed by atoms with Gasteiger partial charge in [-0.3, -0.25) is 0 Å². The standard InChI is InChI=1S/C15H19Br3N2/c1-19-10-7-11-3-2-4-12(8-10)20(11)15-13(17)5-9(16)6-14(15)18/h5-6,10-12,19H,2-4,7-8H2,1H3. The number of anilines is 1. The second-order valence-electron chi connectivity index (χ2n) is 5.82. The van der Waals surface area contributed by atoms with Gasteiger partial charge in [-0.15, -0.1) is 0 Å². The Balaban J connectivity index is 1.98. The summed E-state index contributed by atoms with van der Waals surface area (Å²) >= 11 is 11.1. The van der Waals surface area contributed by atoms with E-state index in [9.17, 15) is 0 Å². The lowest BCUT2D eigenvalue weighted by Crippen LogP contribution is -2.56. The van der Waals surface area contributed by atoms with Crippen LogP contribution < -0.4 is 10.2 Å². The third kappa shape index (κ3) is 2.83. The van der Waals surface area contributed by atoms with Crippen LogP contribution in [0.5, 0.6) is 0 Å². The first-order valence-corrected chi connectivity index (χ1v) is 9.58. The van der Waals surface area contributed by atoms with Crippen LogP contribution in [0.3, 0.4) is 0 Å². The summed E-state index contributed by atoms with van der Waals surface area (Å²) in [5, 5.41) is 3.49. The SMILES string of the molecule is CNC1CC2CCCC(C1)N2c1c(Br)cc(Br)cc1Br. The van der Waals surface area contributed by atoms with Gasteiger partial charge < -0.3 is 10.2 Å². The number of fused-ring (bicyclic) bond motifs is 2. The molecule has 2 atom stereocenters. The van der Waals surface area contributed by atoms with Gasteiger partial charge in [0.15, 0.2) is 0 Å². The van der Waals surface area contributed by atoms with Crippen LogP contribution >= 0.6 is 47.8 Å². The minimum Gasteiger partial charge on any atom is -0.364 e. The lowest BCUT2D eigenvalue weighted by atomic mass is 9.81. The molecule has 3 rings (SSSR count). The third-order valence-electron chi connectivity index (χ3n) is 4.62. The zero-order valence-corrected chi connectivity index (χ0v) is 16.3. The Morgan fingerprint density at radius 2 is 1.60 bits per heavy atom. The first kappa shape index (κ1) is 15.3. The van der Waals surface area contributed by atoms with E-state index in [1.807, 2.05) is 0 Å². The minimum atomic E-state index is 0.661. The highest BCUT2D eigenvalue weighted by molar-refractivity contribution is 9.11. The molecule has 5 heteroatoms. The summed E-state index contributed by atoms with van der Waals surface area (Å²) in [6.45, 7) is 0. The molecule has 0 radical (unpaired) electrons. The predicted octanol–water partition coefficient (Wildman–Crippen LogP) is 5.08. The van der Waals surface area contributed by atoms with Gasteiger partial charge in [0.2, 0.25) is 0 Å². The molecule has 2 fully saturated rings. The molecule has 1 aromatic rings. The Morgan fingerprint density at radius 1 is 1.05 bits per heavy atom. The monoisotopic (exact) mass is 464 g/mol. The van der Waals surface area contributed by atoms with Crippen molar-refractivity contribution in [2.24, 2.45) is 0 Å². The molecule has 2 saturated heterocycles. The number of halogens is 3. The summed E-state index contributed by atoms with van der Waals surface area (Å²) in [4.78, 5) is 2.66. The van der Waals surface area contributed by atoms with E-state index in [0.717, 1.165) is 4.47 Å². The van der Waals surface area contributed by atoms with Crippen LogP contribution in [0.25, 0.3) is 0 Å². The van der Waals surface area contributed by atoms with E-state index in [1.165, 1.54) is 46.7 Å². The summed E-state index contributed by atoms with van der Waals surface area (Å²) < 4.78 is 3.47. The van der Waals surface area contributed by atoms with Crippen molar-refractivity contribution >= 4 is 53.5 Å². The van der Waals surface area contributed by atoms with Crippen molar-refractivity contribution in [2.75, 3.05) is 11.9 Å². The number of hydrogen-bond acceptors (Lipinski definition) is 2. The van der Waals surface area contributed by atoms with Crippen LogP contribution in [0, 0.1) is 0 Å². The topological polar surface area (TPSA) is 15.3 Å². The fourth-order valence-electron chi connectivity index (χ4n) is 3.76. The van der Waals surface area contributed by atoms with Crippen molar-refractivity contribution in [3.8, 4) is 0 Å². The highest BCUT2D eigenvalue weighted by Crippen LogP contribution is 2.45. The largest absolute Gasteiger partial charge is 0.364 e. The molecule has 0 amide bonds. The van der Waals surface area contributed by atoms with Crippen LogP contribution in [0.15, 0.2) is 25.6 Å². The molecule has 2 unspecified atom stereocenters. The normalized spacial score (nSPS) is 29.6. The molecule has 0 spiro atoms. The van der Waals surface area contributed by atoms with E-state index in [4.69, 9.17) is 0 Å². The van der Waals surface area contributed by atoms with Gasteiger partial charge in [-0.05, 0) is 83.1 Å². The molecule has 2 heterocycles. The summed E-state index contributed by atoms with van der Waals surface area (Å²) in [7, 11) is 2.10.